The molecular weight excluding hydrogens is 390 g/mol. The van der Waals surface area contributed by atoms with E-state index in [1.165, 1.54) is 0 Å². The minimum Gasteiger partial charge on any atom is -0.383 e. The Bertz CT molecular complexity index is 1070. The molecule has 9 nitrogen and oxygen atoms in total. The Labute approximate surface area is 170 Å². The zero-order chi connectivity index (χ0) is 20.0. The molecule has 1 aliphatic heterocycles. The SMILES string of the molecule is CS(=O)c1nn(C2CC2)c2nc(Nc3ccc(N4CCOCC4)cc3)nc(N)c12. The second-order valence-electron chi connectivity index (χ2n) is 7.34. The molecule has 0 amide bonds. The molecule has 2 fully saturated rings. The summed E-state index contributed by atoms with van der Waals surface area (Å²) in [4.78, 5) is 11.3. The third-order valence-electron chi connectivity index (χ3n) is 5.21. The van der Waals surface area contributed by atoms with Crippen LogP contribution in [0.1, 0.15) is 18.9 Å². The third kappa shape index (κ3) is 3.53. The van der Waals surface area contributed by atoms with Gasteiger partial charge in [0, 0.05) is 30.7 Å². The van der Waals surface area contributed by atoms with Gasteiger partial charge in [0.15, 0.2) is 10.7 Å². The Morgan fingerprint density at radius 1 is 1.17 bits per heavy atom. The number of hydrogen-bond acceptors (Lipinski definition) is 8. The maximum atomic E-state index is 12.1. The largest absolute Gasteiger partial charge is 0.383 e. The normalized spacial score (nSPS) is 18.2. The highest BCUT2D eigenvalue weighted by Gasteiger charge is 2.30. The zero-order valence-electron chi connectivity index (χ0n) is 16.2. The molecule has 29 heavy (non-hydrogen) atoms. The lowest BCUT2D eigenvalue weighted by molar-refractivity contribution is 0.122. The van der Waals surface area contributed by atoms with E-state index in [1.807, 2.05) is 16.8 Å². The average molecular weight is 414 g/mol. The zero-order valence-corrected chi connectivity index (χ0v) is 17.0. The van der Waals surface area contributed by atoms with Gasteiger partial charge in [-0.3, -0.25) is 4.21 Å². The molecule has 1 saturated heterocycles. The monoisotopic (exact) mass is 413 g/mol. The van der Waals surface area contributed by atoms with Crippen molar-refractivity contribution in [3.05, 3.63) is 24.3 Å². The van der Waals surface area contributed by atoms with E-state index in [0.29, 0.717) is 33.9 Å². The summed E-state index contributed by atoms with van der Waals surface area (Å²) in [7, 11) is -1.26. The fourth-order valence-corrected chi connectivity index (χ4v) is 4.26. The molecule has 1 unspecified atom stereocenters. The lowest BCUT2D eigenvalue weighted by atomic mass is 10.2. The van der Waals surface area contributed by atoms with Crippen molar-refractivity contribution >= 4 is 45.0 Å². The van der Waals surface area contributed by atoms with Crippen LogP contribution < -0.4 is 16.0 Å². The number of ether oxygens (including phenoxy) is 1. The van der Waals surface area contributed by atoms with Crippen LogP contribution in [0, 0.1) is 0 Å². The van der Waals surface area contributed by atoms with Gasteiger partial charge in [0.2, 0.25) is 5.95 Å². The fourth-order valence-electron chi connectivity index (χ4n) is 3.57. The highest BCUT2D eigenvalue weighted by atomic mass is 32.2. The van der Waals surface area contributed by atoms with Crippen molar-refractivity contribution < 1.29 is 8.95 Å². The number of morpholine rings is 1. The number of rotatable bonds is 5. The van der Waals surface area contributed by atoms with Gasteiger partial charge >= 0.3 is 0 Å². The van der Waals surface area contributed by atoms with Gasteiger partial charge < -0.3 is 20.7 Å². The van der Waals surface area contributed by atoms with Crippen LogP contribution in [0.25, 0.3) is 11.0 Å². The standard InChI is InChI=1S/C19H23N7O2S/c1-29(27)18-15-16(20)22-19(23-17(15)26(24-18)14-6-7-14)21-12-2-4-13(5-3-12)25-8-10-28-11-9-25/h2-5,14H,6-11H2,1H3,(H3,20,21,22,23). The Morgan fingerprint density at radius 2 is 1.90 bits per heavy atom. The predicted octanol–water partition coefficient (Wildman–Crippen LogP) is 2.06. The van der Waals surface area contributed by atoms with E-state index < -0.39 is 10.8 Å². The Kier molecular flexibility index (Phi) is 4.59. The molecule has 1 aliphatic carbocycles. The second kappa shape index (κ2) is 7.27. The fraction of sp³-hybridized carbons (Fsp3) is 0.421. The number of fused-ring (bicyclic) bond motifs is 1. The summed E-state index contributed by atoms with van der Waals surface area (Å²) in [5.41, 5.74) is 8.88. The van der Waals surface area contributed by atoms with Crippen LogP contribution in [-0.4, -0.2) is 56.5 Å². The van der Waals surface area contributed by atoms with Crippen molar-refractivity contribution in [2.24, 2.45) is 0 Å². The van der Waals surface area contributed by atoms with Crippen molar-refractivity contribution in [2.75, 3.05) is 48.5 Å². The Balaban J connectivity index is 1.44. The van der Waals surface area contributed by atoms with E-state index in [2.05, 4.69) is 37.4 Å². The first-order chi connectivity index (χ1) is 14.1. The van der Waals surface area contributed by atoms with Gasteiger partial charge in [0.05, 0.1) is 35.4 Å². The molecule has 2 aliphatic rings. The van der Waals surface area contributed by atoms with E-state index in [-0.39, 0.29) is 0 Å². The lowest BCUT2D eigenvalue weighted by Crippen LogP contribution is -2.36. The molecule has 3 heterocycles. The summed E-state index contributed by atoms with van der Waals surface area (Å²) in [5, 5.41) is 8.78. The predicted molar refractivity (Wildman–Crippen MR) is 113 cm³/mol. The second-order valence-corrected chi connectivity index (χ2v) is 8.63. The van der Waals surface area contributed by atoms with Crippen LogP contribution in [0.2, 0.25) is 0 Å². The minimum atomic E-state index is -1.26. The van der Waals surface area contributed by atoms with E-state index >= 15 is 0 Å². The van der Waals surface area contributed by atoms with E-state index in [9.17, 15) is 4.21 Å². The molecule has 1 saturated carbocycles. The molecule has 0 bridgehead atoms. The molecule has 1 atom stereocenters. The molecule has 152 valence electrons. The number of hydrogen-bond donors (Lipinski definition) is 2. The summed E-state index contributed by atoms with van der Waals surface area (Å²) in [6.07, 6.45) is 3.69. The van der Waals surface area contributed by atoms with Crippen LogP contribution in [0.5, 0.6) is 0 Å². The first kappa shape index (κ1) is 18.3. The van der Waals surface area contributed by atoms with Crippen LogP contribution >= 0.6 is 0 Å². The lowest BCUT2D eigenvalue weighted by Gasteiger charge is -2.28. The van der Waals surface area contributed by atoms with Crippen LogP contribution in [-0.2, 0) is 15.5 Å². The molecule has 0 spiro atoms. The molecule has 2 aromatic heterocycles. The summed E-state index contributed by atoms with van der Waals surface area (Å²) in [6.45, 7) is 3.31. The summed E-state index contributed by atoms with van der Waals surface area (Å²) in [6, 6.07) is 8.44. The molecular formula is C19H23N7O2S. The van der Waals surface area contributed by atoms with Crippen LogP contribution in [0.4, 0.5) is 23.1 Å². The summed E-state index contributed by atoms with van der Waals surface area (Å²) >= 11 is 0. The van der Waals surface area contributed by atoms with Crippen molar-refractivity contribution in [1.29, 1.82) is 0 Å². The number of nitrogens with two attached hydrogens (primary N) is 1. The minimum absolute atomic E-state index is 0.291. The molecule has 3 aromatic rings. The van der Waals surface area contributed by atoms with Crippen molar-refractivity contribution in [2.45, 2.75) is 23.9 Å². The maximum Gasteiger partial charge on any atom is 0.231 e. The topological polar surface area (TPSA) is 111 Å². The smallest absolute Gasteiger partial charge is 0.231 e. The quantitative estimate of drug-likeness (QED) is 0.654. The van der Waals surface area contributed by atoms with E-state index in [1.54, 1.807) is 6.26 Å². The summed E-state index contributed by atoms with van der Waals surface area (Å²) < 4.78 is 19.4. The van der Waals surface area contributed by atoms with Crippen LogP contribution in [0.15, 0.2) is 29.3 Å². The van der Waals surface area contributed by atoms with Gasteiger partial charge in [-0.25, -0.2) is 4.68 Å². The highest BCUT2D eigenvalue weighted by Crippen LogP contribution is 2.38. The van der Waals surface area contributed by atoms with Crippen LogP contribution in [0.3, 0.4) is 0 Å². The Morgan fingerprint density at radius 3 is 2.55 bits per heavy atom. The maximum absolute atomic E-state index is 12.1. The van der Waals surface area contributed by atoms with Crippen molar-refractivity contribution in [3.8, 4) is 0 Å². The molecule has 1 aromatic carbocycles. The van der Waals surface area contributed by atoms with Gasteiger partial charge in [-0.2, -0.15) is 15.1 Å². The summed E-state index contributed by atoms with van der Waals surface area (Å²) in [5.74, 6) is 0.698. The average Bonchev–Trinajstić information content (AvgIpc) is 3.49. The molecule has 10 heteroatoms. The molecule has 0 radical (unpaired) electrons. The first-order valence-corrected chi connectivity index (χ1v) is 11.2. The number of nitrogen functional groups attached to an aromatic ring is 1. The first-order valence-electron chi connectivity index (χ1n) is 9.69. The number of nitrogens with zero attached hydrogens (tertiary/aromatic N) is 5. The number of anilines is 4. The van der Waals surface area contributed by atoms with Gasteiger partial charge in [0.1, 0.15) is 5.82 Å². The molecule has 5 rings (SSSR count). The van der Waals surface area contributed by atoms with E-state index in [4.69, 9.17) is 10.5 Å². The van der Waals surface area contributed by atoms with Gasteiger partial charge in [0.25, 0.3) is 0 Å². The van der Waals surface area contributed by atoms with Crippen molar-refractivity contribution in [1.82, 2.24) is 19.7 Å². The highest BCUT2D eigenvalue weighted by molar-refractivity contribution is 7.84. The van der Waals surface area contributed by atoms with Crippen molar-refractivity contribution in [3.63, 3.8) is 0 Å². The number of nitrogens with one attached hydrogen (secondary N) is 1. The number of aromatic nitrogens is 4. The van der Waals surface area contributed by atoms with E-state index in [0.717, 1.165) is 50.5 Å². The number of benzene rings is 1. The van der Waals surface area contributed by atoms with Gasteiger partial charge in [-0.05, 0) is 37.1 Å². The van der Waals surface area contributed by atoms with Gasteiger partial charge in [-0.15, -0.1) is 0 Å². The van der Waals surface area contributed by atoms with Gasteiger partial charge in [-0.1, -0.05) is 0 Å². The third-order valence-corrected chi connectivity index (χ3v) is 6.04. The molecule has 3 N–H and O–H groups in total. The Hall–Kier alpha value is -2.72.